The van der Waals surface area contributed by atoms with Crippen molar-refractivity contribution in [1.82, 2.24) is 9.55 Å². The van der Waals surface area contributed by atoms with Crippen molar-refractivity contribution in [3.05, 3.63) is 42.2 Å². The van der Waals surface area contributed by atoms with Crippen molar-refractivity contribution < 1.29 is 9.18 Å². The number of benzene rings is 1. The molecule has 0 radical (unpaired) electrons. The second-order valence-electron chi connectivity index (χ2n) is 4.11. The van der Waals surface area contributed by atoms with Crippen LogP contribution in [-0.4, -0.2) is 15.5 Å². The molecule has 1 amide bonds. The third-order valence-electron chi connectivity index (χ3n) is 2.71. The Balaban J connectivity index is 2.03. The van der Waals surface area contributed by atoms with E-state index < -0.39 is 5.82 Å². The summed E-state index contributed by atoms with van der Waals surface area (Å²) < 4.78 is 14.8. The highest BCUT2D eigenvalue weighted by atomic mass is 19.1. The fraction of sp³-hybridized carbons (Fsp3) is 0.231. The first kappa shape index (κ1) is 13.1. The van der Waals surface area contributed by atoms with Gasteiger partial charge in [-0.2, -0.15) is 0 Å². The van der Waals surface area contributed by atoms with Gasteiger partial charge in [-0.3, -0.25) is 4.79 Å². The summed E-state index contributed by atoms with van der Waals surface area (Å²) in [6.07, 6.45) is 4.16. The van der Waals surface area contributed by atoms with Crippen LogP contribution in [-0.2, 0) is 17.8 Å². The number of rotatable bonds is 4. The molecule has 0 aliphatic carbocycles. The van der Waals surface area contributed by atoms with E-state index in [1.54, 1.807) is 17.0 Å². The van der Waals surface area contributed by atoms with Crippen molar-refractivity contribution in [2.24, 2.45) is 0 Å². The standard InChI is InChI=1S/C13H15FN4O/c1-2-12-16-5-6-18(12)8-13(19)17-9-3-4-10(14)11(15)7-9/h3-7H,2,8,15H2,1H3,(H,17,19). The Morgan fingerprint density at radius 1 is 1.53 bits per heavy atom. The van der Waals surface area contributed by atoms with Crippen molar-refractivity contribution in [1.29, 1.82) is 0 Å². The summed E-state index contributed by atoms with van der Waals surface area (Å²) >= 11 is 0. The second kappa shape index (κ2) is 5.51. The van der Waals surface area contributed by atoms with E-state index in [4.69, 9.17) is 5.73 Å². The largest absolute Gasteiger partial charge is 0.396 e. The quantitative estimate of drug-likeness (QED) is 0.825. The average Bonchev–Trinajstić information content (AvgIpc) is 2.81. The summed E-state index contributed by atoms with van der Waals surface area (Å²) in [4.78, 5) is 16.0. The Morgan fingerprint density at radius 2 is 2.32 bits per heavy atom. The number of hydrogen-bond donors (Lipinski definition) is 2. The monoisotopic (exact) mass is 262 g/mol. The molecule has 6 heteroatoms. The van der Waals surface area contributed by atoms with Gasteiger partial charge in [0, 0.05) is 24.5 Å². The molecular formula is C13H15FN4O. The zero-order chi connectivity index (χ0) is 13.8. The zero-order valence-electron chi connectivity index (χ0n) is 10.6. The number of nitrogens with two attached hydrogens (primary N) is 1. The van der Waals surface area contributed by atoms with Crippen LogP contribution in [0.25, 0.3) is 0 Å². The average molecular weight is 262 g/mol. The molecule has 100 valence electrons. The van der Waals surface area contributed by atoms with Crippen molar-refractivity contribution in [3.8, 4) is 0 Å². The topological polar surface area (TPSA) is 72.9 Å². The van der Waals surface area contributed by atoms with Crippen LogP contribution in [0.2, 0.25) is 0 Å². The fourth-order valence-electron chi connectivity index (χ4n) is 1.78. The molecule has 1 aromatic heterocycles. The Morgan fingerprint density at radius 3 is 3.00 bits per heavy atom. The van der Waals surface area contributed by atoms with Gasteiger partial charge in [-0.25, -0.2) is 9.37 Å². The highest BCUT2D eigenvalue weighted by Gasteiger charge is 2.08. The highest BCUT2D eigenvalue weighted by molar-refractivity contribution is 5.91. The van der Waals surface area contributed by atoms with Gasteiger partial charge in [-0.15, -0.1) is 0 Å². The maximum Gasteiger partial charge on any atom is 0.244 e. The van der Waals surface area contributed by atoms with E-state index in [0.29, 0.717) is 5.69 Å². The molecule has 2 aromatic rings. The molecule has 0 unspecified atom stereocenters. The maximum atomic E-state index is 13.0. The van der Waals surface area contributed by atoms with Crippen LogP contribution in [0.1, 0.15) is 12.7 Å². The number of aromatic nitrogens is 2. The Labute approximate surface area is 110 Å². The number of nitrogens with zero attached hydrogens (tertiary/aromatic N) is 2. The molecule has 0 fully saturated rings. The number of nitrogens with one attached hydrogen (secondary N) is 1. The summed E-state index contributed by atoms with van der Waals surface area (Å²) in [5, 5.41) is 2.67. The van der Waals surface area contributed by atoms with Crippen molar-refractivity contribution in [2.45, 2.75) is 19.9 Å². The third kappa shape index (κ3) is 3.09. The lowest BCUT2D eigenvalue weighted by Crippen LogP contribution is -2.19. The molecule has 19 heavy (non-hydrogen) atoms. The molecule has 0 aliphatic heterocycles. The van der Waals surface area contributed by atoms with Crippen molar-refractivity contribution >= 4 is 17.3 Å². The van der Waals surface area contributed by atoms with Crippen LogP contribution in [0.15, 0.2) is 30.6 Å². The minimum Gasteiger partial charge on any atom is -0.396 e. The Hall–Kier alpha value is -2.37. The molecule has 0 saturated heterocycles. The van der Waals surface area contributed by atoms with Gasteiger partial charge >= 0.3 is 0 Å². The van der Waals surface area contributed by atoms with Gasteiger partial charge in [0.25, 0.3) is 0 Å². The number of imidazole rings is 1. The number of amides is 1. The number of nitrogen functional groups attached to an aromatic ring is 1. The first-order valence-electron chi connectivity index (χ1n) is 5.95. The minimum absolute atomic E-state index is 0.00896. The summed E-state index contributed by atoms with van der Waals surface area (Å²) in [5.74, 6) is 0.133. The number of carbonyl (C=O) groups excluding carboxylic acids is 1. The van der Waals surface area contributed by atoms with E-state index in [0.717, 1.165) is 12.2 Å². The molecule has 0 aliphatic rings. The summed E-state index contributed by atoms with van der Waals surface area (Å²) in [6.45, 7) is 2.14. The molecule has 1 aromatic carbocycles. The van der Waals surface area contributed by atoms with Crippen molar-refractivity contribution in [3.63, 3.8) is 0 Å². The summed E-state index contributed by atoms with van der Waals surface area (Å²) in [6, 6.07) is 4.08. The molecule has 3 N–H and O–H groups in total. The van der Waals surface area contributed by atoms with Crippen molar-refractivity contribution in [2.75, 3.05) is 11.1 Å². The molecule has 0 bridgehead atoms. The van der Waals surface area contributed by atoms with Gasteiger partial charge in [0.1, 0.15) is 18.2 Å². The number of aryl methyl sites for hydroxylation is 1. The van der Waals surface area contributed by atoms with Gasteiger partial charge in [0.2, 0.25) is 5.91 Å². The van der Waals surface area contributed by atoms with E-state index in [-0.39, 0.29) is 18.1 Å². The molecule has 0 spiro atoms. The van der Waals surface area contributed by atoms with E-state index in [1.165, 1.54) is 18.2 Å². The van der Waals surface area contributed by atoms with Crippen LogP contribution in [0, 0.1) is 5.82 Å². The van der Waals surface area contributed by atoms with Gasteiger partial charge in [-0.1, -0.05) is 6.92 Å². The van der Waals surface area contributed by atoms with Crippen LogP contribution >= 0.6 is 0 Å². The van der Waals surface area contributed by atoms with E-state index in [1.807, 2.05) is 6.92 Å². The van der Waals surface area contributed by atoms with Crippen LogP contribution in [0.5, 0.6) is 0 Å². The first-order chi connectivity index (χ1) is 9.10. The number of hydrogen-bond acceptors (Lipinski definition) is 3. The molecular weight excluding hydrogens is 247 g/mol. The predicted molar refractivity (Wildman–Crippen MR) is 71.0 cm³/mol. The molecule has 5 nitrogen and oxygen atoms in total. The van der Waals surface area contributed by atoms with Gasteiger partial charge in [0.15, 0.2) is 0 Å². The molecule has 0 atom stereocenters. The zero-order valence-corrected chi connectivity index (χ0v) is 10.6. The summed E-state index contributed by atoms with van der Waals surface area (Å²) in [7, 11) is 0. The second-order valence-corrected chi connectivity index (χ2v) is 4.11. The fourth-order valence-corrected chi connectivity index (χ4v) is 1.78. The van der Waals surface area contributed by atoms with Gasteiger partial charge < -0.3 is 15.6 Å². The maximum absolute atomic E-state index is 13.0. The summed E-state index contributed by atoms with van der Waals surface area (Å²) in [5.41, 5.74) is 5.92. The predicted octanol–water partition coefficient (Wildman–Crippen LogP) is 1.81. The smallest absolute Gasteiger partial charge is 0.244 e. The number of carbonyl (C=O) groups is 1. The van der Waals surface area contributed by atoms with E-state index in [9.17, 15) is 9.18 Å². The lowest BCUT2D eigenvalue weighted by molar-refractivity contribution is -0.116. The lowest BCUT2D eigenvalue weighted by atomic mass is 10.2. The van der Waals surface area contributed by atoms with Crippen LogP contribution < -0.4 is 11.1 Å². The van der Waals surface area contributed by atoms with Gasteiger partial charge in [0.05, 0.1) is 5.69 Å². The van der Waals surface area contributed by atoms with Crippen LogP contribution in [0.4, 0.5) is 15.8 Å². The Kier molecular flexibility index (Phi) is 3.79. The molecule has 1 heterocycles. The SMILES string of the molecule is CCc1nccn1CC(=O)Nc1ccc(F)c(N)c1. The lowest BCUT2D eigenvalue weighted by Gasteiger charge is -2.08. The third-order valence-corrected chi connectivity index (χ3v) is 2.71. The number of halogens is 1. The van der Waals surface area contributed by atoms with E-state index in [2.05, 4.69) is 10.3 Å². The van der Waals surface area contributed by atoms with Crippen LogP contribution in [0.3, 0.4) is 0 Å². The Bertz CT molecular complexity index is 594. The molecule has 0 saturated carbocycles. The highest BCUT2D eigenvalue weighted by Crippen LogP contribution is 2.16. The molecule has 2 rings (SSSR count). The van der Waals surface area contributed by atoms with E-state index >= 15 is 0 Å². The first-order valence-corrected chi connectivity index (χ1v) is 5.95. The normalized spacial score (nSPS) is 10.4. The number of anilines is 2. The minimum atomic E-state index is -0.499. The van der Waals surface area contributed by atoms with Gasteiger partial charge in [-0.05, 0) is 18.2 Å².